The van der Waals surface area contributed by atoms with E-state index in [0.717, 1.165) is 17.7 Å². The van der Waals surface area contributed by atoms with Crippen molar-refractivity contribution in [2.45, 2.75) is 39.2 Å². The minimum Gasteiger partial charge on any atom is -0.341 e. The Morgan fingerprint density at radius 1 is 1.26 bits per heavy atom. The Balaban J connectivity index is 2.05. The zero-order valence-electron chi connectivity index (χ0n) is 13.2. The summed E-state index contributed by atoms with van der Waals surface area (Å²) in [4.78, 5) is 38.1. The van der Waals surface area contributed by atoms with Gasteiger partial charge in [-0.05, 0) is 37.5 Å². The summed E-state index contributed by atoms with van der Waals surface area (Å²) >= 11 is 0. The van der Waals surface area contributed by atoms with Crippen molar-refractivity contribution in [2.75, 3.05) is 5.32 Å². The number of amides is 3. The molecule has 2 heterocycles. The van der Waals surface area contributed by atoms with Gasteiger partial charge >= 0.3 is 0 Å². The Bertz CT molecular complexity index is 724. The quantitative estimate of drug-likeness (QED) is 0.816. The topological polar surface area (TPSA) is 78.5 Å². The molecule has 1 aromatic rings. The Labute approximate surface area is 134 Å². The molecule has 0 saturated carbocycles. The third-order valence-electron chi connectivity index (χ3n) is 4.28. The highest BCUT2D eigenvalue weighted by atomic mass is 16.2. The molecule has 0 spiro atoms. The molecule has 1 saturated heterocycles. The molecule has 0 aromatic heterocycles. The van der Waals surface area contributed by atoms with Gasteiger partial charge < -0.3 is 5.32 Å². The van der Waals surface area contributed by atoms with E-state index in [1.807, 2.05) is 32.0 Å². The van der Waals surface area contributed by atoms with Crippen LogP contribution in [0.4, 0.5) is 5.69 Å². The monoisotopic (exact) mass is 313 g/mol. The molecule has 3 amide bonds. The summed E-state index contributed by atoms with van der Waals surface area (Å²) in [5, 5.41) is 5.55. The van der Waals surface area contributed by atoms with E-state index < -0.39 is 11.9 Å². The molecule has 2 aliphatic rings. The van der Waals surface area contributed by atoms with Gasteiger partial charge in [0.25, 0.3) is 5.91 Å². The van der Waals surface area contributed by atoms with Crippen molar-refractivity contribution < 1.29 is 14.4 Å². The van der Waals surface area contributed by atoms with Crippen LogP contribution in [0.15, 0.2) is 30.1 Å². The van der Waals surface area contributed by atoms with E-state index in [9.17, 15) is 14.4 Å². The Morgan fingerprint density at radius 2 is 2.04 bits per heavy atom. The third kappa shape index (κ3) is 2.50. The van der Waals surface area contributed by atoms with Gasteiger partial charge in [-0.15, -0.1) is 0 Å². The minimum absolute atomic E-state index is 0.196. The van der Waals surface area contributed by atoms with Crippen molar-refractivity contribution in [2.24, 2.45) is 0 Å². The van der Waals surface area contributed by atoms with Gasteiger partial charge in [0.1, 0.15) is 11.9 Å². The van der Waals surface area contributed by atoms with Crippen molar-refractivity contribution in [3.8, 4) is 0 Å². The fourth-order valence-corrected chi connectivity index (χ4v) is 3.13. The summed E-state index contributed by atoms with van der Waals surface area (Å²) < 4.78 is 0. The number of fused-ring (bicyclic) bond motifs is 1. The predicted octanol–water partition coefficient (Wildman–Crippen LogP) is 1.78. The number of nitrogens with zero attached hydrogens (tertiary/aromatic N) is 1. The lowest BCUT2D eigenvalue weighted by atomic mass is 9.96. The third-order valence-corrected chi connectivity index (χ3v) is 4.28. The number of rotatable bonds is 2. The largest absolute Gasteiger partial charge is 0.341 e. The van der Waals surface area contributed by atoms with Crippen LogP contribution in [0.1, 0.15) is 42.6 Å². The standard InChI is InChI=1S/C17H19N3O3/c1-3-10-6-5-7-11-15(10)17(23)20(13(4-2)18-11)12-8-9-14(21)19-16(12)22/h4-7,12,18H,3,8-9H2,1-2H3,(H,19,21,22). The molecule has 0 aliphatic carbocycles. The molecule has 1 fully saturated rings. The van der Waals surface area contributed by atoms with Crippen LogP contribution in [0.25, 0.3) is 0 Å². The van der Waals surface area contributed by atoms with E-state index >= 15 is 0 Å². The van der Waals surface area contributed by atoms with Crippen molar-refractivity contribution in [1.29, 1.82) is 0 Å². The second-order valence-corrected chi connectivity index (χ2v) is 5.63. The smallest absolute Gasteiger partial charge is 0.262 e. The number of hydrogen-bond donors (Lipinski definition) is 2. The number of nitrogens with one attached hydrogen (secondary N) is 2. The maximum atomic E-state index is 13.1. The number of benzene rings is 1. The van der Waals surface area contributed by atoms with Gasteiger partial charge in [-0.1, -0.05) is 19.1 Å². The van der Waals surface area contributed by atoms with Crippen LogP contribution < -0.4 is 10.6 Å². The first-order valence-corrected chi connectivity index (χ1v) is 7.79. The van der Waals surface area contributed by atoms with Gasteiger partial charge in [0, 0.05) is 6.42 Å². The van der Waals surface area contributed by atoms with Gasteiger partial charge in [-0.3, -0.25) is 24.6 Å². The van der Waals surface area contributed by atoms with Crippen molar-refractivity contribution in [1.82, 2.24) is 10.2 Å². The van der Waals surface area contributed by atoms with Crippen LogP contribution in [0.3, 0.4) is 0 Å². The molecule has 23 heavy (non-hydrogen) atoms. The Hall–Kier alpha value is -2.63. The summed E-state index contributed by atoms with van der Waals surface area (Å²) in [5.41, 5.74) is 2.30. The molecule has 6 nitrogen and oxygen atoms in total. The first-order chi connectivity index (χ1) is 11.1. The fourth-order valence-electron chi connectivity index (χ4n) is 3.13. The van der Waals surface area contributed by atoms with E-state index in [2.05, 4.69) is 10.6 Å². The minimum atomic E-state index is -0.669. The predicted molar refractivity (Wildman–Crippen MR) is 85.5 cm³/mol. The average Bonchev–Trinajstić information content (AvgIpc) is 2.55. The maximum Gasteiger partial charge on any atom is 0.262 e. The van der Waals surface area contributed by atoms with Crippen LogP contribution in [0.5, 0.6) is 0 Å². The Kier molecular flexibility index (Phi) is 3.90. The fraction of sp³-hybridized carbons (Fsp3) is 0.353. The van der Waals surface area contributed by atoms with Crippen LogP contribution in [-0.4, -0.2) is 28.7 Å². The van der Waals surface area contributed by atoms with E-state index in [4.69, 9.17) is 0 Å². The number of anilines is 1. The lowest BCUT2D eigenvalue weighted by Crippen LogP contribution is -2.56. The Morgan fingerprint density at radius 3 is 2.70 bits per heavy atom. The highest BCUT2D eigenvalue weighted by molar-refractivity contribution is 6.08. The number of imide groups is 1. The average molecular weight is 313 g/mol. The van der Waals surface area contributed by atoms with Gasteiger partial charge in [0.05, 0.1) is 11.3 Å². The molecule has 0 bridgehead atoms. The van der Waals surface area contributed by atoms with Crippen molar-refractivity contribution in [3.05, 3.63) is 41.2 Å². The molecule has 6 heteroatoms. The first kappa shape index (κ1) is 15.3. The molecule has 1 aromatic carbocycles. The molecule has 1 atom stereocenters. The first-order valence-electron chi connectivity index (χ1n) is 7.79. The second kappa shape index (κ2) is 5.87. The summed E-state index contributed by atoms with van der Waals surface area (Å²) in [7, 11) is 0. The maximum absolute atomic E-state index is 13.1. The van der Waals surface area contributed by atoms with Crippen LogP contribution in [-0.2, 0) is 16.0 Å². The van der Waals surface area contributed by atoms with Crippen molar-refractivity contribution >= 4 is 23.4 Å². The van der Waals surface area contributed by atoms with Crippen LogP contribution >= 0.6 is 0 Å². The van der Waals surface area contributed by atoms with Gasteiger partial charge in [-0.2, -0.15) is 0 Å². The lowest BCUT2D eigenvalue weighted by molar-refractivity contribution is -0.136. The number of piperidine rings is 1. The molecule has 0 radical (unpaired) electrons. The number of carbonyl (C=O) groups excluding carboxylic acids is 3. The normalized spacial score (nSPS) is 22.7. The second-order valence-electron chi connectivity index (χ2n) is 5.63. The van der Waals surface area contributed by atoms with Gasteiger partial charge in [0.15, 0.2) is 0 Å². The van der Waals surface area contributed by atoms with Gasteiger partial charge in [0.2, 0.25) is 11.8 Å². The number of carbonyl (C=O) groups is 3. The molecule has 1 unspecified atom stereocenters. The SMILES string of the molecule is CC=C1Nc2cccc(CC)c2C(=O)N1C1CCC(=O)NC1=O. The van der Waals surface area contributed by atoms with E-state index in [1.54, 1.807) is 6.08 Å². The summed E-state index contributed by atoms with van der Waals surface area (Å²) in [6.07, 6.45) is 3.06. The summed E-state index contributed by atoms with van der Waals surface area (Å²) in [6, 6.07) is 5.02. The van der Waals surface area contributed by atoms with E-state index in [-0.39, 0.29) is 18.2 Å². The van der Waals surface area contributed by atoms with E-state index in [1.165, 1.54) is 4.90 Å². The highest BCUT2D eigenvalue weighted by Crippen LogP contribution is 2.32. The lowest BCUT2D eigenvalue weighted by Gasteiger charge is -2.38. The van der Waals surface area contributed by atoms with Gasteiger partial charge in [-0.25, -0.2) is 0 Å². The molecule has 2 N–H and O–H groups in total. The number of hydrogen-bond acceptors (Lipinski definition) is 4. The van der Waals surface area contributed by atoms with Crippen molar-refractivity contribution in [3.63, 3.8) is 0 Å². The molecular formula is C17H19N3O3. The molecular weight excluding hydrogens is 294 g/mol. The summed E-state index contributed by atoms with van der Waals surface area (Å²) in [5.74, 6) is -0.336. The zero-order valence-corrected chi connectivity index (χ0v) is 13.2. The molecule has 120 valence electrons. The summed E-state index contributed by atoms with van der Waals surface area (Å²) in [6.45, 7) is 3.80. The zero-order chi connectivity index (χ0) is 16.6. The number of aryl methyl sites for hydroxylation is 1. The highest BCUT2D eigenvalue weighted by Gasteiger charge is 2.40. The van der Waals surface area contributed by atoms with Crippen LogP contribution in [0, 0.1) is 0 Å². The molecule has 2 aliphatic heterocycles. The number of allylic oxidation sites excluding steroid dienone is 1. The van der Waals surface area contributed by atoms with Crippen LogP contribution in [0.2, 0.25) is 0 Å². The molecule has 3 rings (SSSR count). The van der Waals surface area contributed by atoms with E-state index in [0.29, 0.717) is 17.8 Å².